The molecule has 1 aliphatic heterocycles. The Hall–Kier alpha value is -2.78. The lowest BCUT2D eigenvalue weighted by molar-refractivity contribution is -0.619. The molecule has 3 rings (SSSR count). The zero-order chi connectivity index (χ0) is 20.4. The monoisotopic (exact) mass is 389 g/mol. The third kappa shape index (κ3) is 3.50. The molecule has 1 aliphatic carbocycles. The molecule has 1 N–H and O–H groups in total. The average Bonchev–Trinajstić information content (AvgIpc) is 2.70. The largest absolute Gasteiger partial charge is 0.618 e. The van der Waals surface area contributed by atoms with Crippen molar-refractivity contribution in [1.82, 2.24) is 10.2 Å². The Labute approximate surface area is 162 Å². The van der Waals surface area contributed by atoms with Gasteiger partial charge in [-0.2, -0.15) is 4.73 Å². The van der Waals surface area contributed by atoms with Crippen LogP contribution in [-0.2, 0) is 9.47 Å². The minimum Gasteiger partial charge on any atom is -0.618 e. The van der Waals surface area contributed by atoms with Crippen LogP contribution in [0.2, 0.25) is 0 Å². The molecule has 150 valence electrons. The summed E-state index contributed by atoms with van der Waals surface area (Å²) in [5, 5.41) is 15.4. The van der Waals surface area contributed by atoms with Crippen molar-refractivity contribution in [3.05, 3.63) is 45.1 Å². The van der Waals surface area contributed by atoms with Crippen molar-refractivity contribution in [3.63, 3.8) is 0 Å². The Morgan fingerprint density at radius 1 is 1.25 bits per heavy atom. The minimum atomic E-state index is -0.823. The number of morpholine rings is 1. The van der Waals surface area contributed by atoms with Crippen molar-refractivity contribution in [2.75, 3.05) is 46.5 Å². The van der Waals surface area contributed by atoms with Gasteiger partial charge in [-0.25, -0.2) is 4.79 Å². The molecule has 28 heavy (non-hydrogen) atoms. The number of Topliss-reactive ketones (excluding diaryl/α,β-unsaturated/α-hetero) is 1. The summed E-state index contributed by atoms with van der Waals surface area (Å²) >= 11 is 0. The van der Waals surface area contributed by atoms with Crippen LogP contribution in [-0.4, -0.2) is 68.9 Å². The Balaban J connectivity index is 1.89. The number of pyridine rings is 1. The fourth-order valence-corrected chi connectivity index (χ4v) is 3.53. The molecule has 9 nitrogen and oxygen atoms in total. The van der Waals surface area contributed by atoms with Crippen LogP contribution in [0.15, 0.2) is 11.8 Å². The van der Waals surface area contributed by atoms with E-state index in [1.54, 1.807) is 0 Å². The molecule has 9 heteroatoms. The fourth-order valence-electron chi connectivity index (χ4n) is 3.53. The molecular weight excluding hydrogens is 366 g/mol. The van der Waals surface area contributed by atoms with E-state index in [9.17, 15) is 19.6 Å². The number of aromatic nitrogens is 1. The number of ketones is 2. The van der Waals surface area contributed by atoms with E-state index < -0.39 is 17.5 Å². The van der Waals surface area contributed by atoms with Crippen molar-refractivity contribution < 1.29 is 28.6 Å². The van der Waals surface area contributed by atoms with E-state index in [0.717, 1.165) is 20.2 Å². The number of rotatable bonds is 5. The smallest absolute Gasteiger partial charge is 0.345 e. The second-order valence-electron chi connectivity index (χ2n) is 6.71. The lowest BCUT2D eigenvalue weighted by Gasteiger charge is -2.27. The molecule has 0 atom stereocenters. The molecule has 1 fully saturated rings. The van der Waals surface area contributed by atoms with E-state index in [1.165, 1.54) is 19.9 Å². The average molecular weight is 389 g/mol. The van der Waals surface area contributed by atoms with Gasteiger partial charge in [-0.1, -0.05) is 0 Å². The molecule has 2 aliphatic rings. The van der Waals surface area contributed by atoms with Gasteiger partial charge in [-0.3, -0.25) is 14.5 Å². The first kappa shape index (κ1) is 20.0. The second-order valence-corrected chi connectivity index (χ2v) is 6.71. The lowest BCUT2D eigenvalue weighted by atomic mass is 9.87. The maximum absolute atomic E-state index is 13.0. The first-order chi connectivity index (χ1) is 13.4. The topological polar surface area (TPSA) is 112 Å². The molecule has 0 radical (unpaired) electrons. The van der Waals surface area contributed by atoms with Crippen molar-refractivity contribution in [1.29, 1.82) is 0 Å². The van der Waals surface area contributed by atoms with Crippen LogP contribution in [0.5, 0.6) is 0 Å². The summed E-state index contributed by atoms with van der Waals surface area (Å²) in [6.45, 7) is 7.01. The van der Waals surface area contributed by atoms with E-state index in [0.29, 0.717) is 31.0 Å². The first-order valence-corrected chi connectivity index (χ1v) is 9.06. The molecule has 2 heterocycles. The number of hydrogen-bond donors (Lipinski definition) is 1. The van der Waals surface area contributed by atoms with Gasteiger partial charge in [0.15, 0.2) is 5.78 Å². The molecule has 0 unspecified atom stereocenters. The van der Waals surface area contributed by atoms with E-state index in [4.69, 9.17) is 9.47 Å². The Morgan fingerprint density at radius 3 is 2.57 bits per heavy atom. The zero-order valence-electron chi connectivity index (χ0n) is 16.2. The van der Waals surface area contributed by atoms with E-state index in [2.05, 4.69) is 10.2 Å². The highest BCUT2D eigenvalue weighted by Gasteiger charge is 2.38. The van der Waals surface area contributed by atoms with Crippen molar-refractivity contribution in [2.45, 2.75) is 13.8 Å². The quantitative estimate of drug-likeness (QED) is 0.422. The van der Waals surface area contributed by atoms with E-state index in [1.807, 2.05) is 0 Å². The summed E-state index contributed by atoms with van der Waals surface area (Å²) in [7, 11) is 1.16. The summed E-state index contributed by atoms with van der Waals surface area (Å²) in [6, 6.07) is 0. The summed E-state index contributed by atoms with van der Waals surface area (Å²) in [4.78, 5) is 40.1. The van der Waals surface area contributed by atoms with E-state index >= 15 is 0 Å². The van der Waals surface area contributed by atoms with Gasteiger partial charge >= 0.3 is 5.97 Å². The summed E-state index contributed by atoms with van der Waals surface area (Å²) in [5.41, 5.74) is -0.0610. The number of hydrogen-bond acceptors (Lipinski definition) is 8. The molecule has 0 bridgehead atoms. The van der Waals surface area contributed by atoms with Crippen molar-refractivity contribution >= 4 is 17.5 Å². The highest BCUT2D eigenvalue weighted by Crippen LogP contribution is 2.27. The molecule has 0 amide bonds. The molecule has 1 aromatic heterocycles. The van der Waals surface area contributed by atoms with E-state index in [-0.39, 0.29) is 33.8 Å². The van der Waals surface area contributed by atoms with Gasteiger partial charge in [0.1, 0.15) is 11.1 Å². The second kappa shape index (κ2) is 8.07. The third-order valence-corrected chi connectivity index (χ3v) is 5.06. The van der Waals surface area contributed by atoms with Crippen LogP contribution < -0.4 is 10.0 Å². The molecule has 0 spiro atoms. The number of nitrogens with zero attached hydrogens (tertiary/aromatic N) is 2. The van der Waals surface area contributed by atoms with Gasteiger partial charge < -0.3 is 20.0 Å². The molecule has 0 saturated carbocycles. The van der Waals surface area contributed by atoms with Crippen LogP contribution in [0, 0.1) is 19.1 Å². The summed E-state index contributed by atoms with van der Waals surface area (Å²) < 4.78 is 10.5. The van der Waals surface area contributed by atoms with Crippen LogP contribution in [0.3, 0.4) is 0 Å². The Morgan fingerprint density at radius 2 is 1.93 bits per heavy atom. The number of carbonyl (C=O) groups excluding carboxylic acids is 3. The molecule has 1 saturated heterocycles. The van der Waals surface area contributed by atoms with Crippen LogP contribution in [0.4, 0.5) is 0 Å². The number of nitrogens with one attached hydrogen (secondary N) is 1. The third-order valence-electron chi connectivity index (χ3n) is 5.06. The normalized spacial score (nSPS) is 17.2. The number of allylic oxidation sites excluding steroid dienone is 2. The van der Waals surface area contributed by atoms with Gasteiger partial charge in [-0.05, 0) is 0 Å². The maximum atomic E-state index is 13.0. The highest BCUT2D eigenvalue weighted by atomic mass is 16.5. The van der Waals surface area contributed by atoms with Crippen LogP contribution in [0.25, 0.3) is 0 Å². The van der Waals surface area contributed by atoms with Gasteiger partial charge in [-0.15, -0.1) is 0 Å². The van der Waals surface area contributed by atoms with Crippen LogP contribution >= 0.6 is 0 Å². The standard InChI is InChI=1S/C19H23N3O6/c1-11-15-17(16(19(25)27-3)12(2)22(11)26)14(23)10-13(18(15)24)20-4-5-21-6-8-28-9-7-21/h10,20H,4-9H2,1-3H3. The zero-order valence-corrected chi connectivity index (χ0v) is 16.2. The fraction of sp³-hybridized carbons (Fsp3) is 0.474. The SMILES string of the molecule is COC(=O)c1c2c(c(C)[n+]([O-])c1C)C(=O)C(NCCN1CCOCC1)=CC2=O. The van der Waals surface area contributed by atoms with Crippen molar-refractivity contribution in [2.24, 2.45) is 0 Å². The van der Waals surface area contributed by atoms with Gasteiger partial charge in [0.25, 0.3) is 0 Å². The Kier molecular flexibility index (Phi) is 5.76. The predicted octanol–water partition coefficient (Wildman–Crippen LogP) is -0.0919. The van der Waals surface area contributed by atoms with Gasteiger partial charge in [0, 0.05) is 46.1 Å². The first-order valence-electron chi connectivity index (χ1n) is 9.06. The van der Waals surface area contributed by atoms with Crippen molar-refractivity contribution in [3.8, 4) is 0 Å². The minimum absolute atomic E-state index is 0.0291. The predicted molar refractivity (Wildman–Crippen MR) is 98.2 cm³/mol. The number of esters is 1. The number of fused-ring (bicyclic) bond motifs is 1. The lowest BCUT2D eigenvalue weighted by Crippen LogP contribution is -2.43. The number of carbonyl (C=O) groups is 3. The number of ether oxygens (including phenoxy) is 2. The van der Waals surface area contributed by atoms with Crippen LogP contribution in [0.1, 0.15) is 42.5 Å². The Bertz CT molecular complexity index is 871. The summed E-state index contributed by atoms with van der Waals surface area (Å²) in [6.07, 6.45) is 1.18. The molecule has 0 aromatic carbocycles. The maximum Gasteiger partial charge on any atom is 0.345 e. The molecule has 1 aromatic rings. The number of methoxy groups -OCH3 is 1. The summed E-state index contributed by atoms with van der Waals surface area (Å²) in [5.74, 6) is -1.81. The molecular formula is C19H23N3O6. The van der Waals surface area contributed by atoms with Gasteiger partial charge in [0.2, 0.25) is 17.2 Å². The highest BCUT2D eigenvalue weighted by molar-refractivity contribution is 6.27. The van der Waals surface area contributed by atoms with Gasteiger partial charge in [0.05, 0.1) is 31.6 Å².